The lowest BCUT2D eigenvalue weighted by Crippen LogP contribution is -2.39. The highest BCUT2D eigenvalue weighted by Gasteiger charge is 2.44. The van der Waals surface area contributed by atoms with E-state index >= 15 is 0 Å². The molecule has 0 atom stereocenters. The third kappa shape index (κ3) is 7.50. The van der Waals surface area contributed by atoms with E-state index < -0.39 is 28.6 Å². The number of rotatable bonds is 11. The van der Waals surface area contributed by atoms with Gasteiger partial charge in [-0.15, -0.1) is 0 Å². The average molecular weight is 720 g/mol. The number of carbonyl (C=O) groups is 3. The maximum Gasteiger partial charge on any atom is 0.410 e. The highest BCUT2D eigenvalue weighted by Crippen LogP contribution is 2.39. The van der Waals surface area contributed by atoms with Crippen molar-refractivity contribution in [1.82, 2.24) is 9.21 Å². The Morgan fingerprint density at radius 1 is 1.00 bits per heavy atom. The molecule has 256 valence electrons. The molecule has 5 rings (SSSR count). The number of amides is 2. The van der Waals surface area contributed by atoms with Gasteiger partial charge < -0.3 is 23.8 Å². The van der Waals surface area contributed by atoms with Crippen LogP contribution >= 0.6 is 23.2 Å². The molecule has 1 saturated heterocycles. The predicted molar refractivity (Wildman–Crippen MR) is 178 cm³/mol. The largest absolute Gasteiger partial charge is 0.497 e. The number of nitrogens with zero attached hydrogens (tertiary/aromatic N) is 2. The van der Waals surface area contributed by atoms with E-state index in [9.17, 15) is 22.8 Å². The van der Waals surface area contributed by atoms with Crippen molar-refractivity contribution in [2.24, 2.45) is 5.92 Å². The Balaban J connectivity index is 1.15. The van der Waals surface area contributed by atoms with Crippen LogP contribution in [0.2, 0.25) is 10.0 Å². The molecule has 0 radical (unpaired) electrons. The van der Waals surface area contributed by atoms with E-state index in [-0.39, 0.29) is 56.2 Å². The van der Waals surface area contributed by atoms with Crippen molar-refractivity contribution >= 4 is 51.2 Å². The van der Waals surface area contributed by atoms with Crippen molar-refractivity contribution < 1.29 is 41.7 Å². The summed E-state index contributed by atoms with van der Waals surface area (Å²) in [6, 6.07) is 15.3. The summed E-state index contributed by atoms with van der Waals surface area (Å²) in [5.41, 5.74) is 1.22. The second-order valence-corrected chi connectivity index (χ2v) is 14.4. The summed E-state index contributed by atoms with van der Waals surface area (Å²) in [7, 11) is -2.93. The van der Waals surface area contributed by atoms with Gasteiger partial charge in [0, 0.05) is 19.2 Å². The SMILES string of the molecule is COc1cc(C(C)C)c2c(c1)S(=O)(=O)N(COC(=O)c1c(Cl)ccc(OCCC3CCN(C(=O)OCc4ccccc4)CC3)c1Cl)C2=O. The molecule has 11 nitrogen and oxygen atoms in total. The lowest BCUT2D eigenvalue weighted by molar-refractivity contribution is 0.0357. The molecule has 2 aliphatic rings. The molecule has 3 aromatic carbocycles. The minimum absolute atomic E-state index is 0.0157. The first-order chi connectivity index (χ1) is 22.9. The molecule has 0 aromatic heterocycles. The molecule has 14 heteroatoms. The van der Waals surface area contributed by atoms with E-state index in [4.69, 9.17) is 42.1 Å². The van der Waals surface area contributed by atoms with Crippen LogP contribution < -0.4 is 9.47 Å². The van der Waals surface area contributed by atoms with Gasteiger partial charge in [0.25, 0.3) is 15.9 Å². The number of piperidine rings is 1. The molecule has 0 unspecified atom stereocenters. The molecular weight excluding hydrogens is 683 g/mol. The molecule has 1 fully saturated rings. The van der Waals surface area contributed by atoms with Gasteiger partial charge in [0.2, 0.25) is 0 Å². The van der Waals surface area contributed by atoms with Gasteiger partial charge >= 0.3 is 12.1 Å². The zero-order valence-corrected chi connectivity index (χ0v) is 29.1. The molecule has 2 heterocycles. The number of benzene rings is 3. The zero-order valence-electron chi connectivity index (χ0n) is 26.7. The summed E-state index contributed by atoms with van der Waals surface area (Å²) in [5, 5.41) is -0.135. The number of methoxy groups -OCH3 is 1. The topological polar surface area (TPSA) is 129 Å². The Hall–Kier alpha value is -4.00. The summed E-state index contributed by atoms with van der Waals surface area (Å²) in [4.78, 5) is 40.4. The number of sulfonamides is 1. The van der Waals surface area contributed by atoms with Crippen LogP contribution in [0.1, 0.15) is 70.9 Å². The van der Waals surface area contributed by atoms with E-state index in [0.717, 1.165) is 18.4 Å². The first kappa shape index (κ1) is 35.3. The highest BCUT2D eigenvalue weighted by atomic mass is 35.5. The summed E-state index contributed by atoms with van der Waals surface area (Å²) >= 11 is 12.8. The number of hydrogen-bond acceptors (Lipinski definition) is 9. The average Bonchev–Trinajstić information content (AvgIpc) is 3.27. The summed E-state index contributed by atoms with van der Waals surface area (Å²) in [6.45, 7) is 4.43. The molecule has 0 saturated carbocycles. The maximum atomic E-state index is 13.3. The highest BCUT2D eigenvalue weighted by molar-refractivity contribution is 7.90. The number of fused-ring (bicyclic) bond motifs is 1. The van der Waals surface area contributed by atoms with Crippen LogP contribution in [0.15, 0.2) is 59.5 Å². The van der Waals surface area contributed by atoms with Crippen LogP contribution in [0.3, 0.4) is 0 Å². The Morgan fingerprint density at radius 2 is 1.71 bits per heavy atom. The van der Waals surface area contributed by atoms with E-state index in [0.29, 0.717) is 41.9 Å². The number of ether oxygens (including phenoxy) is 4. The van der Waals surface area contributed by atoms with Crippen LogP contribution in [-0.2, 0) is 26.1 Å². The number of hydrogen-bond donors (Lipinski definition) is 0. The lowest BCUT2D eigenvalue weighted by Gasteiger charge is -2.31. The zero-order chi connectivity index (χ0) is 34.6. The van der Waals surface area contributed by atoms with Gasteiger partial charge in [-0.25, -0.2) is 18.0 Å². The second-order valence-electron chi connectivity index (χ2n) is 11.8. The van der Waals surface area contributed by atoms with Crippen LogP contribution in [0.5, 0.6) is 11.5 Å². The van der Waals surface area contributed by atoms with Crippen LogP contribution in [-0.4, -0.2) is 69.1 Å². The Kier molecular flexibility index (Phi) is 11.1. The van der Waals surface area contributed by atoms with Gasteiger partial charge in [-0.1, -0.05) is 67.4 Å². The van der Waals surface area contributed by atoms with Crippen molar-refractivity contribution in [3.05, 3.63) is 86.9 Å². The summed E-state index contributed by atoms with van der Waals surface area (Å²) in [6.07, 6.45) is 1.91. The predicted octanol–water partition coefficient (Wildman–Crippen LogP) is 6.90. The normalized spacial score (nSPS) is 15.8. The molecule has 3 aromatic rings. The minimum Gasteiger partial charge on any atom is -0.497 e. The van der Waals surface area contributed by atoms with Crippen LogP contribution in [0, 0.1) is 5.92 Å². The van der Waals surface area contributed by atoms with E-state index in [2.05, 4.69) is 0 Å². The Labute approximate surface area is 289 Å². The van der Waals surface area contributed by atoms with Crippen molar-refractivity contribution in [2.75, 3.05) is 33.5 Å². The molecule has 0 aliphatic carbocycles. The van der Waals surface area contributed by atoms with Crippen molar-refractivity contribution in [3.63, 3.8) is 0 Å². The molecule has 48 heavy (non-hydrogen) atoms. The van der Waals surface area contributed by atoms with Crippen molar-refractivity contribution in [2.45, 2.75) is 50.5 Å². The maximum absolute atomic E-state index is 13.3. The lowest BCUT2D eigenvalue weighted by atomic mass is 9.94. The molecule has 0 bridgehead atoms. The van der Waals surface area contributed by atoms with Gasteiger partial charge in [0.05, 0.1) is 29.3 Å². The first-order valence-electron chi connectivity index (χ1n) is 15.4. The third-order valence-corrected chi connectivity index (χ3v) is 10.8. The van der Waals surface area contributed by atoms with Gasteiger partial charge in [-0.2, -0.15) is 4.31 Å². The van der Waals surface area contributed by atoms with E-state index in [1.165, 1.54) is 25.3 Å². The van der Waals surface area contributed by atoms with Crippen LogP contribution in [0.4, 0.5) is 4.79 Å². The molecule has 2 amide bonds. The molecule has 0 spiro atoms. The Bertz CT molecular complexity index is 1790. The minimum atomic E-state index is -4.33. The smallest absolute Gasteiger partial charge is 0.410 e. The van der Waals surface area contributed by atoms with Gasteiger partial charge in [-0.3, -0.25) is 4.79 Å². The van der Waals surface area contributed by atoms with Gasteiger partial charge in [0.15, 0.2) is 6.73 Å². The fourth-order valence-corrected chi connectivity index (χ4v) is 7.71. The summed E-state index contributed by atoms with van der Waals surface area (Å²) in [5.74, 6) is -1.24. The van der Waals surface area contributed by atoms with Crippen LogP contribution in [0.25, 0.3) is 0 Å². The van der Waals surface area contributed by atoms with Gasteiger partial charge in [0.1, 0.15) is 28.6 Å². The number of carbonyl (C=O) groups excluding carboxylic acids is 3. The third-order valence-electron chi connectivity index (χ3n) is 8.41. The number of esters is 1. The first-order valence-corrected chi connectivity index (χ1v) is 17.6. The Morgan fingerprint density at radius 3 is 2.38 bits per heavy atom. The molecule has 0 N–H and O–H groups in total. The van der Waals surface area contributed by atoms with Crippen molar-refractivity contribution in [3.8, 4) is 11.5 Å². The fourth-order valence-electron chi connectivity index (χ4n) is 5.67. The van der Waals surface area contributed by atoms with Crippen molar-refractivity contribution in [1.29, 1.82) is 0 Å². The fraction of sp³-hybridized carbons (Fsp3) is 0.382. The van der Waals surface area contributed by atoms with E-state index in [1.807, 2.05) is 44.2 Å². The van der Waals surface area contributed by atoms with Gasteiger partial charge in [-0.05, 0) is 60.4 Å². The molecule has 2 aliphatic heterocycles. The number of halogens is 2. The molecular formula is C34H36Cl2N2O9S. The quantitative estimate of drug-likeness (QED) is 0.194. The number of likely N-dealkylation sites (tertiary alicyclic amines) is 1. The standard InChI is InChI=1S/C34H36Cl2N2O9S/c1-21(2)25-17-24(44-3)18-28-29(25)32(39)38(48(28,42)43)20-47-33(40)30-26(35)9-10-27(31(30)36)45-16-13-22-11-14-37(15-12-22)34(41)46-19-23-7-5-4-6-8-23/h4-10,17-18,21-22H,11-16,19-20H2,1-3H3. The second kappa shape index (κ2) is 15.0. The summed E-state index contributed by atoms with van der Waals surface area (Å²) < 4.78 is 49.0. The van der Waals surface area contributed by atoms with E-state index in [1.54, 1.807) is 11.0 Å². The monoisotopic (exact) mass is 718 g/mol.